The molecule has 0 saturated carbocycles. The van der Waals surface area contributed by atoms with E-state index in [0.717, 1.165) is 63.2 Å². The molecule has 6 nitrogen and oxygen atoms in total. The third-order valence-corrected chi connectivity index (χ3v) is 5.99. The molecule has 4 aliphatic heterocycles. The van der Waals surface area contributed by atoms with Gasteiger partial charge in [0.25, 0.3) is 0 Å². The Kier molecular flexibility index (Phi) is 4.12. The quantitative estimate of drug-likeness (QED) is 0.607. The molecule has 0 bridgehead atoms. The van der Waals surface area contributed by atoms with E-state index in [0.29, 0.717) is 0 Å². The van der Waals surface area contributed by atoms with E-state index in [4.69, 9.17) is 30.4 Å². The highest BCUT2D eigenvalue weighted by Crippen LogP contribution is 2.40. The van der Waals surface area contributed by atoms with Gasteiger partial charge in [0, 0.05) is 11.1 Å². The fraction of sp³-hybridized carbons (Fsp3) is 0.700. The number of rotatable bonds is 10. The summed E-state index contributed by atoms with van der Waals surface area (Å²) >= 11 is 0. The predicted molar refractivity (Wildman–Crippen MR) is 95.6 cm³/mol. The second-order valence-electron chi connectivity index (χ2n) is 8.53. The zero-order valence-corrected chi connectivity index (χ0v) is 15.1. The van der Waals surface area contributed by atoms with E-state index < -0.39 is 11.1 Å². The lowest BCUT2D eigenvalue weighted by Gasteiger charge is -2.33. The number of hydrogen-bond donors (Lipinski definition) is 2. The van der Waals surface area contributed by atoms with Gasteiger partial charge in [-0.1, -0.05) is 24.3 Å². The van der Waals surface area contributed by atoms with E-state index in [1.165, 1.54) is 0 Å². The molecule has 4 aliphatic rings. The van der Waals surface area contributed by atoms with E-state index in [1.807, 2.05) is 0 Å². The van der Waals surface area contributed by atoms with Crippen LogP contribution < -0.4 is 11.5 Å². The molecule has 142 valence electrons. The van der Waals surface area contributed by atoms with Crippen molar-refractivity contribution in [3.8, 4) is 0 Å². The summed E-state index contributed by atoms with van der Waals surface area (Å²) in [7, 11) is 0. The van der Waals surface area contributed by atoms with Crippen LogP contribution in [0.25, 0.3) is 0 Å². The largest absolute Gasteiger partial charge is 0.373 e. The Morgan fingerprint density at radius 1 is 0.692 bits per heavy atom. The van der Waals surface area contributed by atoms with E-state index in [2.05, 4.69) is 24.3 Å². The zero-order chi connectivity index (χ0) is 17.8. The summed E-state index contributed by atoms with van der Waals surface area (Å²) in [5.74, 6) is 0. The fourth-order valence-corrected chi connectivity index (χ4v) is 4.15. The lowest BCUT2D eigenvalue weighted by atomic mass is 9.77. The average Bonchev–Trinajstić information content (AvgIpc) is 3.44. The molecular formula is C20H28N2O4. The van der Waals surface area contributed by atoms with Gasteiger partial charge < -0.3 is 30.4 Å². The Morgan fingerprint density at radius 3 is 1.27 bits per heavy atom. The summed E-state index contributed by atoms with van der Waals surface area (Å²) in [5, 5.41) is 0. The second kappa shape index (κ2) is 6.26. The Labute approximate surface area is 154 Å². The Hall–Kier alpha value is -1.02. The Morgan fingerprint density at radius 2 is 1.00 bits per heavy atom. The maximum atomic E-state index is 6.89. The molecule has 6 heteroatoms. The molecule has 0 aliphatic carbocycles. The molecule has 1 aromatic carbocycles. The molecule has 4 fully saturated rings. The standard InChI is InChI=1S/C20H28N2O4/c21-19(5-15-9-23-15,6-16-10-24-16)13-2-1-3-14(4-13)20(22,7-17-11-25-17)8-18-12-26-18/h1-4,15-18H,5-12,21-22H2. The molecule has 4 atom stereocenters. The van der Waals surface area contributed by atoms with Crippen molar-refractivity contribution in [2.24, 2.45) is 11.5 Å². The molecule has 4 heterocycles. The van der Waals surface area contributed by atoms with Crippen molar-refractivity contribution in [1.82, 2.24) is 0 Å². The van der Waals surface area contributed by atoms with Crippen LogP contribution in [0.4, 0.5) is 0 Å². The van der Waals surface area contributed by atoms with Crippen LogP contribution in [0.15, 0.2) is 24.3 Å². The first-order valence-corrected chi connectivity index (χ1v) is 9.68. The van der Waals surface area contributed by atoms with Gasteiger partial charge in [0.05, 0.1) is 50.8 Å². The van der Waals surface area contributed by atoms with Crippen LogP contribution in [0, 0.1) is 0 Å². The molecule has 0 aromatic heterocycles. The highest BCUT2D eigenvalue weighted by molar-refractivity contribution is 5.35. The van der Waals surface area contributed by atoms with Crippen LogP contribution in [-0.4, -0.2) is 50.8 Å². The number of hydrogen-bond acceptors (Lipinski definition) is 6. The molecular weight excluding hydrogens is 332 g/mol. The van der Waals surface area contributed by atoms with Gasteiger partial charge in [-0.25, -0.2) is 0 Å². The van der Waals surface area contributed by atoms with Crippen molar-refractivity contribution < 1.29 is 18.9 Å². The van der Waals surface area contributed by atoms with Gasteiger partial charge in [-0.2, -0.15) is 0 Å². The minimum Gasteiger partial charge on any atom is -0.373 e. The van der Waals surface area contributed by atoms with E-state index in [9.17, 15) is 0 Å². The first kappa shape index (κ1) is 17.1. The molecule has 4 N–H and O–H groups in total. The maximum Gasteiger partial charge on any atom is 0.0830 e. The predicted octanol–water partition coefficient (Wildman–Crippen LogP) is 1.15. The SMILES string of the molecule is NC(CC1CO1)(CC1CO1)c1cccc(C(N)(CC2CO2)CC2CO2)c1. The summed E-state index contributed by atoms with van der Waals surface area (Å²) in [6.07, 6.45) is 4.37. The lowest BCUT2D eigenvalue weighted by molar-refractivity contribution is 0.267. The molecule has 4 unspecified atom stereocenters. The van der Waals surface area contributed by atoms with E-state index in [-0.39, 0.29) is 24.4 Å². The van der Waals surface area contributed by atoms with Crippen molar-refractivity contribution in [2.75, 3.05) is 26.4 Å². The third-order valence-electron chi connectivity index (χ3n) is 5.99. The average molecular weight is 360 g/mol. The van der Waals surface area contributed by atoms with Crippen LogP contribution in [0.5, 0.6) is 0 Å². The van der Waals surface area contributed by atoms with Crippen molar-refractivity contribution in [3.63, 3.8) is 0 Å². The first-order valence-electron chi connectivity index (χ1n) is 9.68. The van der Waals surface area contributed by atoms with Crippen LogP contribution in [-0.2, 0) is 30.0 Å². The number of epoxide rings is 4. The van der Waals surface area contributed by atoms with Crippen molar-refractivity contribution >= 4 is 0 Å². The topological polar surface area (TPSA) is 102 Å². The Bertz CT molecular complexity index is 584. The first-order chi connectivity index (χ1) is 12.5. The molecule has 0 amide bonds. The summed E-state index contributed by atoms with van der Waals surface area (Å²) in [6, 6.07) is 8.53. The summed E-state index contributed by atoms with van der Waals surface area (Å²) < 4.78 is 21.9. The van der Waals surface area contributed by atoms with Gasteiger partial charge in [0.2, 0.25) is 0 Å². The van der Waals surface area contributed by atoms with Gasteiger partial charge in [0.1, 0.15) is 0 Å². The van der Waals surface area contributed by atoms with Gasteiger partial charge >= 0.3 is 0 Å². The molecule has 5 rings (SSSR count). The van der Waals surface area contributed by atoms with Crippen molar-refractivity contribution in [3.05, 3.63) is 35.4 Å². The van der Waals surface area contributed by atoms with E-state index >= 15 is 0 Å². The highest BCUT2D eigenvalue weighted by Gasteiger charge is 2.44. The monoisotopic (exact) mass is 360 g/mol. The molecule has 0 radical (unpaired) electrons. The molecule has 0 spiro atoms. The minimum atomic E-state index is -0.439. The highest BCUT2D eigenvalue weighted by atomic mass is 16.6. The van der Waals surface area contributed by atoms with Crippen LogP contribution >= 0.6 is 0 Å². The summed E-state index contributed by atoms with van der Waals surface area (Å²) in [5.41, 5.74) is 15.2. The van der Waals surface area contributed by atoms with Gasteiger partial charge in [-0.3, -0.25) is 0 Å². The maximum absolute atomic E-state index is 6.89. The summed E-state index contributed by atoms with van der Waals surface area (Å²) in [4.78, 5) is 0. The normalized spacial score (nSPS) is 36.1. The van der Waals surface area contributed by atoms with Crippen LogP contribution in [0.1, 0.15) is 36.8 Å². The van der Waals surface area contributed by atoms with Crippen LogP contribution in [0.3, 0.4) is 0 Å². The van der Waals surface area contributed by atoms with Crippen LogP contribution in [0.2, 0.25) is 0 Å². The molecule has 4 saturated heterocycles. The third kappa shape index (κ3) is 3.96. The van der Waals surface area contributed by atoms with Crippen molar-refractivity contribution in [1.29, 1.82) is 0 Å². The van der Waals surface area contributed by atoms with Gasteiger partial charge in [0.15, 0.2) is 0 Å². The number of nitrogens with two attached hydrogens (primary N) is 2. The number of ether oxygens (including phenoxy) is 4. The second-order valence-corrected chi connectivity index (χ2v) is 8.53. The molecule has 1 aromatic rings. The lowest BCUT2D eigenvalue weighted by Crippen LogP contribution is -2.42. The smallest absolute Gasteiger partial charge is 0.0830 e. The fourth-order valence-electron chi connectivity index (χ4n) is 4.15. The minimum absolute atomic E-state index is 0.268. The van der Waals surface area contributed by atoms with Crippen molar-refractivity contribution in [2.45, 2.75) is 61.2 Å². The Balaban J connectivity index is 1.43. The zero-order valence-electron chi connectivity index (χ0n) is 15.1. The summed E-state index contributed by atoms with van der Waals surface area (Å²) in [6.45, 7) is 3.23. The van der Waals surface area contributed by atoms with Gasteiger partial charge in [-0.05, 0) is 36.8 Å². The number of benzene rings is 1. The van der Waals surface area contributed by atoms with Gasteiger partial charge in [-0.15, -0.1) is 0 Å². The molecule has 26 heavy (non-hydrogen) atoms. The van der Waals surface area contributed by atoms with E-state index in [1.54, 1.807) is 0 Å².